The molecule has 0 aromatic rings. The monoisotopic (exact) mass is 230 g/mol. The van der Waals surface area contributed by atoms with E-state index in [0.717, 1.165) is 17.7 Å². The van der Waals surface area contributed by atoms with E-state index >= 15 is 0 Å². The third-order valence-electron chi connectivity index (χ3n) is 2.70. The summed E-state index contributed by atoms with van der Waals surface area (Å²) in [6, 6.07) is 0. The van der Waals surface area contributed by atoms with Gasteiger partial charge in [0, 0.05) is 19.6 Å². The van der Waals surface area contributed by atoms with Gasteiger partial charge in [-0.1, -0.05) is 0 Å². The number of imide groups is 1. The van der Waals surface area contributed by atoms with E-state index < -0.39 is 17.2 Å². The Morgan fingerprint density at radius 2 is 1.93 bits per heavy atom. The van der Waals surface area contributed by atoms with E-state index in [9.17, 15) is 14.4 Å². The molecule has 0 N–H and O–H groups in total. The average Bonchev–Trinajstić information content (AvgIpc) is 2.96. The molecule has 0 atom stereocenters. The van der Waals surface area contributed by atoms with Gasteiger partial charge < -0.3 is 4.90 Å². The fourth-order valence-electron chi connectivity index (χ4n) is 1.63. The van der Waals surface area contributed by atoms with Crippen molar-refractivity contribution in [2.75, 3.05) is 19.6 Å². The molecule has 15 heavy (non-hydrogen) atoms. The van der Waals surface area contributed by atoms with Crippen molar-refractivity contribution in [2.45, 2.75) is 12.8 Å². The van der Waals surface area contributed by atoms with E-state index in [0.29, 0.717) is 19.0 Å². The van der Waals surface area contributed by atoms with Gasteiger partial charge in [0.2, 0.25) is 0 Å². The largest absolute Gasteiger partial charge is 0.332 e. The predicted molar refractivity (Wildman–Crippen MR) is 52.3 cm³/mol. The fourth-order valence-corrected chi connectivity index (χ4v) is 1.79. The highest BCUT2D eigenvalue weighted by Crippen LogP contribution is 2.30. The number of hydrogen-bond donors (Lipinski definition) is 0. The molecule has 0 bridgehead atoms. The SMILES string of the molecule is O=C1C(=O)N(C(=O)Cl)CCN1CC1CC1. The van der Waals surface area contributed by atoms with Crippen LogP contribution in [0.5, 0.6) is 0 Å². The van der Waals surface area contributed by atoms with Gasteiger partial charge >= 0.3 is 17.2 Å². The molecule has 3 amide bonds. The van der Waals surface area contributed by atoms with Crippen LogP contribution in [0.2, 0.25) is 0 Å². The van der Waals surface area contributed by atoms with Crippen molar-refractivity contribution in [2.24, 2.45) is 5.92 Å². The number of hydrogen-bond acceptors (Lipinski definition) is 3. The van der Waals surface area contributed by atoms with E-state index in [1.165, 1.54) is 4.90 Å². The fraction of sp³-hybridized carbons (Fsp3) is 0.667. The molecule has 1 saturated carbocycles. The summed E-state index contributed by atoms with van der Waals surface area (Å²) in [4.78, 5) is 36.0. The zero-order chi connectivity index (χ0) is 11.0. The number of carbonyl (C=O) groups is 3. The number of halogens is 1. The molecule has 5 nitrogen and oxygen atoms in total. The molecular weight excluding hydrogens is 220 g/mol. The quantitative estimate of drug-likeness (QED) is 0.393. The molecule has 0 aromatic carbocycles. The smallest absolute Gasteiger partial charge is 0.323 e. The summed E-state index contributed by atoms with van der Waals surface area (Å²) < 4.78 is 0. The van der Waals surface area contributed by atoms with Crippen LogP contribution in [-0.4, -0.2) is 46.6 Å². The Kier molecular flexibility index (Phi) is 2.65. The molecule has 0 unspecified atom stereocenters. The molecule has 1 aliphatic carbocycles. The Hall–Kier alpha value is -1.10. The molecule has 6 heteroatoms. The van der Waals surface area contributed by atoms with Gasteiger partial charge in [-0.3, -0.25) is 19.3 Å². The van der Waals surface area contributed by atoms with E-state index in [1.807, 2.05) is 0 Å². The minimum atomic E-state index is -0.876. The van der Waals surface area contributed by atoms with Gasteiger partial charge in [0.15, 0.2) is 0 Å². The van der Waals surface area contributed by atoms with Crippen molar-refractivity contribution < 1.29 is 14.4 Å². The van der Waals surface area contributed by atoms with Crippen molar-refractivity contribution in [1.29, 1.82) is 0 Å². The highest BCUT2D eigenvalue weighted by atomic mass is 35.5. The second-order valence-corrected chi connectivity index (χ2v) is 4.23. The molecule has 0 spiro atoms. The first kappa shape index (κ1) is 10.4. The topological polar surface area (TPSA) is 57.7 Å². The Balaban J connectivity index is 2.00. The summed E-state index contributed by atoms with van der Waals surface area (Å²) in [5.74, 6) is -0.871. The van der Waals surface area contributed by atoms with E-state index in [1.54, 1.807) is 0 Å². The maximum Gasteiger partial charge on any atom is 0.323 e. The van der Waals surface area contributed by atoms with E-state index in [2.05, 4.69) is 0 Å². The van der Waals surface area contributed by atoms with Crippen molar-refractivity contribution in [1.82, 2.24) is 9.80 Å². The first-order valence-electron chi connectivity index (χ1n) is 4.90. The van der Waals surface area contributed by atoms with Crippen LogP contribution >= 0.6 is 11.6 Å². The maximum atomic E-state index is 11.5. The molecule has 1 saturated heterocycles. The summed E-state index contributed by atoms with van der Waals surface area (Å²) in [5.41, 5.74) is 0. The first-order valence-corrected chi connectivity index (χ1v) is 5.27. The number of rotatable bonds is 2. The normalized spacial score (nSPS) is 22.2. The van der Waals surface area contributed by atoms with Gasteiger partial charge in [-0.2, -0.15) is 0 Å². The van der Waals surface area contributed by atoms with E-state index in [4.69, 9.17) is 11.6 Å². The summed E-state index contributed by atoms with van der Waals surface area (Å²) >= 11 is 5.18. The first-order chi connectivity index (χ1) is 7.09. The van der Waals surface area contributed by atoms with Crippen LogP contribution in [0, 0.1) is 5.92 Å². The lowest BCUT2D eigenvalue weighted by Gasteiger charge is -2.31. The third kappa shape index (κ3) is 2.12. The van der Waals surface area contributed by atoms with Crippen LogP contribution in [-0.2, 0) is 9.59 Å². The summed E-state index contributed by atoms with van der Waals surface area (Å²) in [5, 5.41) is -0.876. The number of carbonyl (C=O) groups excluding carboxylic acids is 3. The van der Waals surface area contributed by atoms with Gasteiger partial charge in [0.05, 0.1) is 0 Å². The summed E-state index contributed by atoms with van der Waals surface area (Å²) in [6.07, 6.45) is 2.24. The molecule has 0 radical (unpaired) electrons. The zero-order valence-corrected chi connectivity index (χ0v) is 8.87. The molecule has 2 fully saturated rings. The zero-order valence-electron chi connectivity index (χ0n) is 8.11. The van der Waals surface area contributed by atoms with Crippen LogP contribution in [0.1, 0.15) is 12.8 Å². The third-order valence-corrected chi connectivity index (χ3v) is 2.90. The minimum absolute atomic E-state index is 0.208. The number of nitrogens with zero attached hydrogens (tertiary/aromatic N) is 2. The number of amides is 3. The lowest BCUT2D eigenvalue weighted by Crippen LogP contribution is -2.55. The van der Waals surface area contributed by atoms with Crippen LogP contribution < -0.4 is 0 Å². The van der Waals surface area contributed by atoms with Gasteiger partial charge in [0.25, 0.3) is 0 Å². The standard InChI is InChI=1S/C9H11ClN2O3/c10-9(15)12-4-3-11(5-6-1-2-6)7(13)8(12)14/h6H,1-5H2. The van der Waals surface area contributed by atoms with Crippen LogP contribution in [0.4, 0.5) is 4.79 Å². The molecular formula is C9H11ClN2O3. The molecule has 1 aliphatic heterocycles. The predicted octanol–water partition coefficient (Wildman–Crippen LogP) is 0.426. The van der Waals surface area contributed by atoms with E-state index in [-0.39, 0.29) is 6.54 Å². The lowest BCUT2D eigenvalue weighted by atomic mass is 10.2. The molecule has 2 aliphatic rings. The van der Waals surface area contributed by atoms with Crippen molar-refractivity contribution in [3.8, 4) is 0 Å². The van der Waals surface area contributed by atoms with Crippen LogP contribution in [0.15, 0.2) is 0 Å². The Morgan fingerprint density at radius 3 is 2.47 bits per heavy atom. The second kappa shape index (κ2) is 3.81. The molecule has 2 rings (SSSR count). The Labute approximate surface area is 92.0 Å². The molecule has 82 valence electrons. The lowest BCUT2D eigenvalue weighted by molar-refractivity contribution is -0.153. The minimum Gasteiger partial charge on any atom is -0.332 e. The van der Waals surface area contributed by atoms with Crippen molar-refractivity contribution >= 4 is 28.8 Å². The highest BCUT2D eigenvalue weighted by molar-refractivity contribution is 6.65. The maximum absolute atomic E-state index is 11.5. The van der Waals surface area contributed by atoms with Crippen LogP contribution in [0.3, 0.4) is 0 Å². The van der Waals surface area contributed by atoms with Crippen molar-refractivity contribution in [3.05, 3.63) is 0 Å². The number of piperazine rings is 1. The van der Waals surface area contributed by atoms with Gasteiger partial charge in [-0.15, -0.1) is 0 Å². The summed E-state index contributed by atoms with van der Waals surface area (Å²) in [6.45, 7) is 1.24. The van der Waals surface area contributed by atoms with Crippen LogP contribution in [0.25, 0.3) is 0 Å². The molecule has 1 heterocycles. The molecule has 0 aromatic heterocycles. The van der Waals surface area contributed by atoms with Gasteiger partial charge in [0.1, 0.15) is 0 Å². The Bertz CT molecular complexity index is 327. The van der Waals surface area contributed by atoms with Gasteiger partial charge in [-0.25, -0.2) is 0 Å². The Morgan fingerprint density at radius 1 is 1.27 bits per heavy atom. The summed E-state index contributed by atoms with van der Waals surface area (Å²) in [7, 11) is 0. The highest BCUT2D eigenvalue weighted by Gasteiger charge is 2.37. The van der Waals surface area contributed by atoms with Gasteiger partial charge in [-0.05, 0) is 30.4 Å². The van der Waals surface area contributed by atoms with Crippen molar-refractivity contribution in [3.63, 3.8) is 0 Å². The average molecular weight is 231 g/mol. The second-order valence-electron chi connectivity index (χ2n) is 3.90.